The number of likely N-dealkylation sites (N-methyl/N-ethyl adjacent to an activating group) is 1. The molecule has 1 aliphatic heterocycles. The Labute approximate surface area is 181 Å². The predicted octanol–water partition coefficient (Wildman–Crippen LogP) is 2.20. The first-order valence-electron chi connectivity index (χ1n) is 9.65. The van der Waals surface area contributed by atoms with Gasteiger partial charge in [-0.25, -0.2) is 4.31 Å². The number of ether oxygens (including phenoxy) is 2. The molecule has 0 unspecified atom stereocenters. The molecule has 0 fully saturated rings. The number of carbonyl (C=O) groups is 1. The molecule has 31 heavy (non-hydrogen) atoms. The van der Waals surface area contributed by atoms with Gasteiger partial charge in [-0.2, -0.15) is 13.5 Å². The fourth-order valence-electron chi connectivity index (χ4n) is 2.96. The van der Waals surface area contributed by atoms with Crippen LogP contribution in [-0.4, -0.2) is 55.4 Å². The van der Waals surface area contributed by atoms with Crippen molar-refractivity contribution in [1.82, 2.24) is 14.1 Å². The number of aryl methyl sites for hydroxylation is 1. The smallest absolute Gasteiger partial charge is 0.345 e. The molecule has 1 aromatic carbocycles. The third-order valence-electron chi connectivity index (χ3n) is 4.72. The van der Waals surface area contributed by atoms with Gasteiger partial charge in [0, 0.05) is 25.4 Å². The van der Waals surface area contributed by atoms with E-state index in [2.05, 4.69) is 21.7 Å². The van der Waals surface area contributed by atoms with Crippen molar-refractivity contribution in [3.8, 4) is 11.5 Å². The Hall–Kier alpha value is -3.34. The van der Waals surface area contributed by atoms with E-state index in [1.807, 2.05) is 0 Å². The SMILES string of the molecule is CCCCn1cc(NC(=O)C2=CC(c3ccc(OC)c(OC)c3)=NS(=O)(=O)N2C)cn1. The molecule has 0 radical (unpaired) electrons. The summed E-state index contributed by atoms with van der Waals surface area (Å²) in [7, 11) is 0.168. The second-order valence-corrected chi connectivity index (χ2v) is 8.45. The summed E-state index contributed by atoms with van der Waals surface area (Å²) in [6.07, 6.45) is 6.63. The van der Waals surface area contributed by atoms with Crippen molar-refractivity contribution in [2.45, 2.75) is 26.3 Å². The molecule has 1 amide bonds. The number of unbranched alkanes of at least 4 members (excludes halogenated alkanes) is 1. The minimum absolute atomic E-state index is 0.0684. The highest BCUT2D eigenvalue weighted by Gasteiger charge is 2.30. The number of hydrogen-bond donors (Lipinski definition) is 1. The second kappa shape index (κ2) is 9.21. The van der Waals surface area contributed by atoms with E-state index in [1.165, 1.54) is 33.5 Å². The van der Waals surface area contributed by atoms with Crippen LogP contribution in [0.3, 0.4) is 0 Å². The zero-order valence-corrected chi connectivity index (χ0v) is 18.6. The lowest BCUT2D eigenvalue weighted by molar-refractivity contribution is -0.113. The molecule has 166 valence electrons. The normalized spacial score (nSPS) is 15.2. The maximum absolute atomic E-state index is 12.9. The van der Waals surface area contributed by atoms with Crippen LogP contribution in [0.4, 0.5) is 5.69 Å². The number of rotatable bonds is 8. The van der Waals surface area contributed by atoms with E-state index >= 15 is 0 Å². The summed E-state index contributed by atoms with van der Waals surface area (Å²) in [5, 5.41) is 6.89. The van der Waals surface area contributed by atoms with Crippen LogP contribution in [0.5, 0.6) is 11.5 Å². The quantitative estimate of drug-likeness (QED) is 0.663. The number of hydrogen-bond acceptors (Lipinski definition) is 6. The van der Waals surface area contributed by atoms with Crippen LogP contribution in [0.25, 0.3) is 0 Å². The van der Waals surface area contributed by atoms with Gasteiger partial charge in [0.25, 0.3) is 5.91 Å². The van der Waals surface area contributed by atoms with Gasteiger partial charge in [0.05, 0.1) is 31.8 Å². The Kier molecular flexibility index (Phi) is 6.64. The summed E-state index contributed by atoms with van der Waals surface area (Å²) < 4.78 is 42.0. The molecular weight excluding hydrogens is 422 g/mol. The monoisotopic (exact) mass is 447 g/mol. The second-order valence-electron chi connectivity index (χ2n) is 6.82. The van der Waals surface area contributed by atoms with Gasteiger partial charge >= 0.3 is 10.2 Å². The Morgan fingerprint density at radius 2 is 1.94 bits per heavy atom. The van der Waals surface area contributed by atoms with Gasteiger partial charge < -0.3 is 14.8 Å². The minimum Gasteiger partial charge on any atom is -0.493 e. The predicted molar refractivity (Wildman–Crippen MR) is 117 cm³/mol. The summed E-state index contributed by atoms with van der Waals surface area (Å²) in [6.45, 7) is 2.81. The fraction of sp³-hybridized carbons (Fsp3) is 0.350. The van der Waals surface area contributed by atoms with E-state index < -0.39 is 16.1 Å². The number of carbonyl (C=O) groups excluding carboxylic acids is 1. The maximum Gasteiger partial charge on any atom is 0.345 e. The number of benzene rings is 1. The molecular formula is C20H25N5O5S. The van der Waals surface area contributed by atoms with Crippen molar-refractivity contribution in [2.24, 2.45) is 4.40 Å². The van der Waals surface area contributed by atoms with Crippen LogP contribution in [-0.2, 0) is 21.5 Å². The molecule has 2 aromatic rings. The van der Waals surface area contributed by atoms with Gasteiger partial charge in [0.1, 0.15) is 5.70 Å². The first-order valence-corrected chi connectivity index (χ1v) is 11.1. The molecule has 0 saturated carbocycles. The van der Waals surface area contributed by atoms with Crippen molar-refractivity contribution in [2.75, 3.05) is 26.6 Å². The Bertz CT molecular complexity index is 1140. The highest BCUT2D eigenvalue weighted by Crippen LogP contribution is 2.29. The summed E-state index contributed by atoms with van der Waals surface area (Å²) in [5.41, 5.74) is 0.985. The zero-order valence-electron chi connectivity index (χ0n) is 17.8. The van der Waals surface area contributed by atoms with E-state index in [4.69, 9.17) is 9.47 Å². The van der Waals surface area contributed by atoms with E-state index in [0.29, 0.717) is 22.7 Å². The lowest BCUT2D eigenvalue weighted by atomic mass is 10.1. The third kappa shape index (κ3) is 4.88. The lowest BCUT2D eigenvalue weighted by Crippen LogP contribution is -2.35. The molecule has 0 bridgehead atoms. The maximum atomic E-state index is 12.9. The van der Waals surface area contributed by atoms with Crippen molar-refractivity contribution in [3.05, 3.63) is 47.9 Å². The van der Waals surface area contributed by atoms with Gasteiger partial charge in [-0.1, -0.05) is 13.3 Å². The number of nitrogens with one attached hydrogen (secondary N) is 1. The van der Waals surface area contributed by atoms with E-state index in [9.17, 15) is 13.2 Å². The average Bonchev–Trinajstić information content (AvgIpc) is 3.20. The molecule has 1 aliphatic rings. The topological polar surface area (TPSA) is 115 Å². The highest BCUT2D eigenvalue weighted by molar-refractivity contribution is 7.88. The van der Waals surface area contributed by atoms with Crippen LogP contribution in [0.1, 0.15) is 25.3 Å². The zero-order chi connectivity index (χ0) is 22.6. The Balaban J connectivity index is 1.90. The van der Waals surface area contributed by atoms with Crippen LogP contribution < -0.4 is 14.8 Å². The largest absolute Gasteiger partial charge is 0.493 e. The van der Waals surface area contributed by atoms with E-state index in [0.717, 1.165) is 23.7 Å². The number of nitrogens with zero attached hydrogens (tertiary/aromatic N) is 4. The third-order valence-corrected chi connectivity index (χ3v) is 6.03. The molecule has 0 aliphatic carbocycles. The molecule has 0 atom stereocenters. The Morgan fingerprint density at radius 3 is 2.61 bits per heavy atom. The molecule has 0 spiro atoms. The number of amides is 1. The molecule has 1 aromatic heterocycles. The minimum atomic E-state index is -4.09. The Morgan fingerprint density at radius 1 is 1.19 bits per heavy atom. The van der Waals surface area contributed by atoms with Gasteiger partial charge in [0.2, 0.25) is 0 Å². The molecule has 11 heteroatoms. The van der Waals surface area contributed by atoms with E-state index in [-0.39, 0.29) is 11.4 Å². The van der Waals surface area contributed by atoms with Crippen LogP contribution >= 0.6 is 0 Å². The van der Waals surface area contributed by atoms with Gasteiger partial charge in [-0.05, 0) is 30.7 Å². The molecule has 0 saturated heterocycles. The van der Waals surface area contributed by atoms with Crippen LogP contribution in [0.15, 0.2) is 46.8 Å². The fourth-order valence-corrected chi connectivity index (χ4v) is 3.88. The summed E-state index contributed by atoms with van der Waals surface area (Å²) in [6, 6.07) is 4.88. The standard InChI is InChI=1S/C20H25N5O5S/c1-5-6-9-25-13-15(12-21-25)22-20(26)17-11-16(23-31(27,28)24(17)2)14-7-8-18(29-3)19(10-14)30-4/h7-8,10-13H,5-6,9H2,1-4H3,(H,22,26). The number of aromatic nitrogens is 2. The molecule has 10 nitrogen and oxygen atoms in total. The summed E-state index contributed by atoms with van der Waals surface area (Å²) in [4.78, 5) is 12.9. The van der Waals surface area contributed by atoms with E-state index in [1.54, 1.807) is 29.1 Å². The van der Waals surface area contributed by atoms with Crippen LogP contribution in [0.2, 0.25) is 0 Å². The summed E-state index contributed by atoms with van der Waals surface area (Å²) >= 11 is 0. The van der Waals surface area contributed by atoms with Crippen molar-refractivity contribution in [3.63, 3.8) is 0 Å². The van der Waals surface area contributed by atoms with Crippen molar-refractivity contribution < 1.29 is 22.7 Å². The highest BCUT2D eigenvalue weighted by atomic mass is 32.2. The van der Waals surface area contributed by atoms with Crippen molar-refractivity contribution >= 4 is 27.5 Å². The number of methoxy groups -OCH3 is 2. The van der Waals surface area contributed by atoms with Gasteiger partial charge in [-0.15, -0.1) is 4.40 Å². The molecule has 3 rings (SSSR count). The molecule has 2 heterocycles. The average molecular weight is 448 g/mol. The molecule has 1 N–H and O–H groups in total. The lowest BCUT2D eigenvalue weighted by Gasteiger charge is -2.23. The van der Waals surface area contributed by atoms with Crippen molar-refractivity contribution in [1.29, 1.82) is 0 Å². The van der Waals surface area contributed by atoms with Crippen LogP contribution in [0, 0.1) is 0 Å². The van der Waals surface area contributed by atoms with Gasteiger partial charge in [-0.3, -0.25) is 9.48 Å². The first kappa shape index (κ1) is 22.3. The first-order chi connectivity index (χ1) is 14.8. The summed E-state index contributed by atoms with van der Waals surface area (Å²) in [5.74, 6) is 0.316. The number of anilines is 1. The number of allylic oxidation sites excluding steroid dienone is 1. The van der Waals surface area contributed by atoms with Gasteiger partial charge in [0.15, 0.2) is 11.5 Å².